The zero-order chi connectivity index (χ0) is 10.6. The van der Waals surface area contributed by atoms with E-state index in [0.29, 0.717) is 0 Å². The van der Waals surface area contributed by atoms with Crippen LogP contribution in [0.5, 0.6) is 5.75 Å². The van der Waals surface area contributed by atoms with Crippen LogP contribution in [0.25, 0.3) is 0 Å². The lowest BCUT2D eigenvalue weighted by Gasteiger charge is -2.06. The maximum atomic E-state index is 11.8. The molecule has 74 valence electrons. The second-order valence-electron chi connectivity index (χ2n) is 2.19. The normalized spacial score (nSPS) is 9.71. The highest BCUT2D eigenvalue weighted by Gasteiger charge is 2.09. The van der Waals surface area contributed by atoms with Crippen LogP contribution in [0.1, 0.15) is 0 Å². The van der Waals surface area contributed by atoms with E-state index in [4.69, 9.17) is 11.6 Å². The van der Waals surface area contributed by atoms with Crippen molar-refractivity contribution in [2.24, 2.45) is 4.99 Å². The quantitative estimate of drug-likeness (QED) is 0.579. The minimum absolute atomic E-state index is 0.0761. The molecule has 1 rings (SSSR count). The highest BCUT2D eigenvalue weighted by Crippen LogP contribution is 2.31. The van der Waals surface area contributed by atoms with Gasteiger partial charge in [-0.3, -0.25) is 0 Å². The van der Waals surface area contributed by atoms with E-state index in [1.54, 1.807) is 0 Å². The van der Waals surface area contributed by atoms with Gasteiger partial charge in [0, 0.05) is 5.02 Å². The summed E-state index contributed by atoms with van der Waals surface area (Å²) in [6.07, 6.45) is 1.22. The number of hydrogen-bond acceptors (Lipinski definition) is 3. The predicted molar refractivity (Wildman–Crippen MR) is 45.9 cm³/mol. The van der Waals surface area contributed by atoms with Crippen LogP contribution in [-0.2, 0) is 4.79 Å². The molecule has 0 unspecified atom stereocenters. The number of alkyl halides is 2. The molecule has 3 nitrogen and oxygen atoms in total. The molecule has 0 fully saturated rings. The molecule has 0 aliphatic rings. The van der Waals surface area contributed by atoms with Gasteiger partial charge in [0.2, 0.25) is 6.08 Å². The first-order chi connectivity index (χ1) is 6.63. The fourth-order valence-electron chi connectivity index (χ4n) is 0.823. The summed E-state index contributed by atoms with van der Waals surface area (Å²) in [5, 5.41) is 0.264. The van der Waals surface area contributed by atoms with E-state index in [0.717, 1.165) is 0 Å². The Morgan fingerprint density at radius 1 is 1.50 bits per heavy atom. The van der Waals surface area contributed by atoms with Gasteiger partial charge in [-0.25, -0.2) is 4.79 Å². The number of benzene rings is 1. The lowest BCUT2D eigenvalue weighted by molar-refractivity contribution is -0.0494. The standard InChI is InChI=1S/C8H4ClF2NO2/c9-5-1-2-7(14-8(10)11)6(3-5)12-4-13/h1-3,8H. The number of rotatable bonds is 3. The van der Waals surface area contributed by atoms with Gasteiger partial charge in [0.15, 0.2) is 5.75 Å². The Morgan fingerprint density at radius 3 is 2.79 bits per heavy atom. The Kier molecular flexibility index (Phi) is 3.56. The third kappa shape index (κ3) is 2.80. The smallest absolute Gasteiger partial charge is 0.387 e. The van der Waals surface area contributed by atoms with E-state index in [1.165, 1.54) is 24.3 Å². The molecule has 0 heterocycles. The highest BCUT2D eigenvalue weighted by atomic mass is 35.5. The lowest BCUT2D eigenvalue weighted by Crippen LogP contribution is -2.01. The molecule has 0 saturated heterocycles. The van der Waals surface area contributed by atoms with Gasteiger partial charge in [-0.2, -0.15) is 13.8 Å². The van der Waals surface area contributed by atoms with Crippen molar-refractivity contribution in [3.63, 3.8) is 0 Å². The van der Waals surface area contributed by atoms with Gasteiger partial charge in [-0.05, 0) is 18.2 Å². The number of hydrogen-bond donors (Lipinski definition) is 0. The van der Waals surface area contributed by atoms with Crippen LogP contribution in [0.4, 0.5) is 14.5 Å². The molecule has 0 atom stereocenters. The van der Waals surface area contributed by atoms with Crippen molar-refractivity contribution in [1.82, 2.24) is 0 Å². The Hall–Kier alpha value is -1.45. The van der Waals surface area contributed by atoms with E-state index < -0.39 is 6.61 Å². The third-order valence-electron chi connectivity index (χ3n) is 1.30. The van der Waals surface area contributed by atoms with Gasteiger partial charge in [0.05, 0.1) is 0 Å². The molecule has 6 heteroatoms. The number of isocyanates is 1. The van der Waals surface area contributed by atoms with Gasteiger partial charge in [-0.15, -0.1) is 0 Å². The van der Waals surface area contributed by atoms with E-state index in [9.17, 15) is 13.6 Å². The van der Waals surface area contributed by atoms with Crippen molar-refractivity contribution in [2.45, 2.75) is 6.61 Å². The van der Waals surface area contributed by atoms with E-state index in [-0.39, 0.29) is 16.5 Å². The molecular formula is C8H4ClF2NO2. The fourth-order valence-corrected chi connectivity index (χ4v) is 0.989. The van der Waals surface area contributed by atoms with Crippen LogP contribution >= 0.6 is 11.6 Å². The first-order valence-electron chi connectivity index (χ1n) is 3.45. The maximum Gasteiger partial charge on any atom is 0.387 e. The van der Waals surface area contributed by atoms with Crippen molar-refractivity contribution in [2.75, 3.05) is 0 Å². The van der Waals surface area contributed by atoms with Gasteiger partial charge < -0.3 is 4.74 Å². The van der Waals surface area contributed by atoms with Crippen LogP contribution in [-0.4, -0.2) is 12.7 Å². The molecule has 1 aromatic carbocycles. The fraction of sp³-hybridized carbons (Fsp3) is 0.125. The van der Waals surface area contributed by atoms with E-state index >= 15 is 0 Å². The Labute approximate surface area is 83.0 Å². The molecule has 0 radical (unpaired) electrons. The average molecular weight is 220 g/mol. The van der Waals surface area contributed by atoms with E-state index in [1.807, 2.05) is 0 Å². The second-order valence-corrected chi connectivity index (χ2v) is 2.63. The summed E-state index contributed by atoms with van der Waals surface area (Å²) in [6.45, 7) is -2.98. The second kappa shape index (κ2) is 4.69. The molecule has 0 spiro atoms. The molecule has 0 N–H and O–H groups in total. The molecule has 0 aliphatic heterocycles. The summed E-state index contributed by atoms with van der Waals surface area (Å²) < 4.78 is 27.8. The molecule has 0 amide bonds. The first-order valence-corrected chi connectivity index (χ1v) is 3.83. The minimum Gasteiger partial charge on any atom is -0.432 e. The SMILES string of the molecule is O=C=Nc1cc(Cl)ccc1OC(F)F. The van der Waals surface area contributed by atoms with Crippen LogP contribution in [0.15, 0.2) is 23.2 Å². The van der Waals surface area contributed by atoms with Gasteiger partial charge >= 0.3 is 6.61 Å². The topological polar surface area (TPSA) is 38.7 Å². The molecule has 14 heavy (non-hydrogen) atoms. The summed E-state index contributed by atoms with van der Waals surface area (Å²) in [6, 6.07) is 3.78. The van der Waals surface area contributed by atoms with Crippen molar-refractivity contribution in [3.8, 4) is 5.75 Å². The van der Waals surface area contributed by atoms with Crippen molar-refractivity contribution in [3.05, 3.63) is 23.2 Å². The predicted octanol–water partition coefficient (Wildman–Crippen LogP) is 2.91. The van der Waals surface area contributed by atoms with Crippen LogP contribution in [0.2, 0.25) is 5.02 Å². The number of ether oxygens (including phenoxy) is 1. The Morgan fingerprint density at radius 2 is 2.21 bits per heavy atom. The Bertz CT molecular complexity index is 378. The third-order valence-corrected chi connectivity index (χ3v) is 1.54. The van der Waals surface area contributed by atoms with Gasteiger partial charge in [0.25, 0.3) is 0 Å². The number of aliphatic imine (C=N–C) groups is 1. The average Bonchev–Trinajstić information content (AvgIpc) is 2.09. The molecular weight excluding hydrogens is 216 g/mol. The van der Waals surface area contributed by atoms with Crippen LogP contribution in [0, 0.1) is 0 Å². The van der Waals surface area contributed by atoms with Gasteiger partial charge in [0.1, 0.15) is 5.69 Å². The number of nitrogens with zero attached hydrogens (tertiary/aromatic N) is 1. The lowest BCUT2D eigenvalue weighted by atomic mass is 10.3. The number of halogens is 3. The van der Waals surface area contributed by atoms with Crippen molar-refractivity contribution >= 4 is 23.4 Å². The van der Waals surface area contributed by atoms with Crippen LogP contribution in [0.3, 0.4) is 0 Å². The zero-order valence-electron chi connectivity index (χ0n) is 6.71. The van der Waals surface area contributed by atoms with Crippen molar-refractivity contribution in [1.29, 1.82) is 0 Å². The van der Waals surface area contributed by atoms with Gasteiger partial charge in [-0.1, -0.05) is 11.6 Å². The summed E-state index contributed by atoms with van der Waals surface area (Å²) in [5.41, 5.74) is -0.0761. The summed E-state index contributed by atoms with van der Waals surface area (Å²) in [4.78, 5) is 13.1. The highest BCUT2D eigenvalue weighted by molar-refractivity contribution is 6.30. The Balaban J connectivity index is 3.07. The molecule has 0 aliphatic carbocycles. The maximum absolute atomic E-state index is 11.8. The van der Waals surface area contributed by atoms with Crippen molar-refractivity contribution < 1.29 is 18.3 Å². The summed E-state index contributed by atoms with van der Waals surface area (Å²) in [7, 11) is 0. The molecule has 0 saturated carbocycles. The summed E-state index contributed by atoms with van der Waals surface area (Å²) >= 11 is 5.56. The van der Waals surface area contributed by atoms with E-state index in [2.05, 4.69) is 9.73 Å². The largest absolute Gasteiger partial charge is 0.432 e. The first kappa shape index (κ1) is 10.6. The zero-order valence-corrected chi connectivity index (χ0v) is 7.46. The number of carbonyl (C=O) groups excluding carboxylic acids is 1. The monoisotopic (exact) mass is 219 g/mol. The molecule has 0 aromatic heterocycles. The minimum atomic E-state index is -2.98. The summed E-state index contributed by atoms with van der Waals surface area (Å²) in [5.74, 6) is -0.215. The van der Waals surface area contributed by atoms with Crippen LogP contribution < -0.4 is 4.74 Å². The molecule has 0 bridgehead atoms. The molecule has 1 aromatic rings.